The molecule has 116 valence electrons. The van der Waals surface area contributed by atoms with Crippen LogP contribution in [0.3, 0.4) is 0 Å². The van der Waals surface area contributed by atoms with Crippen LogP contribution < -0.4 is 0 Å². The summed E-state index contributed by atoms with van der Waals surface area (Å²) in [6.45, 7) is 3.90. The van der Waals surface area contributed by atoms with Crippen LogP contribution >= 0.6 is 0 Å². The number of benzene rings is 2. The SMILES string of the molecule is Cc1nc(C(=O)O)c(-c2ccccc2)n1[C@H](C)c1ccccc1. The summed E-state index contributed by atoms with van der Waals surface area (Å²) >= 11 is 0. The molecule has 0 spiro atoms. The summed E-state index contributed by atoms with van der Waals surface area (Å²) in [5.41, 5.74) is 2.71. The lowest BCUT2D eigenvalue weighted by Gasteiger charge is -2.19. The number of carboxylic acids is 1. The number of carboxylic acid groups (broad SMARTS) is 1. The zero-order valence-corrected chi connectivity index (χ0v) is 13.1. The fourth-order valence-corrected chi connectivity index (χ4v) is 2.92. The van der Waals surface area contributed by atoms with E-state index in [0.717, 1.165) is 11.1 Å². The Morgan fingerprint density at radius 2 is 1.61 bits per heavy atom. The molecule has 1 aromatic heterocycles. The van der Waals surface area contributed by atoms with Gasteiger partial charge in [-0.2, -0.15) is 0 Å². The maximum absolute atomic E-state index is 11.6. The summed E-state index contributed by atoms with van der Waals surface area (Å²) < 4.78 is 1.99. The number of hydrogen-bond donors (Lipinski definition) is 1. The third-order valence-corrected chi connectivity index (χ3v) is 4.01. The van der Waals surface area contributed by atoms with Crippen LogP contribution in [0.25, 0.3) is 11.3 Å². The van der Waals surface area contributed by atoms with Gasteiger partial charge in [0.1, 0.15) is 5.82 Å². The van der Waals surface area contributed by atoms with Crippen LogP contribution in [0.15, 0.2) is 60.7 Å². The molecule has 0 saturated carbocycles. The Kier molecular flexibility index (Phi) is 3.98. The number of aromatic nitrogens is 2. The Labute approximate surface area is 135 Å². The molecule has 0 bridgehead atoms. The van der Waals surface area contributed by atoms with Gasteiger partial charge in [-0.05, 0) is 19.4 Å². The normalized spacial score (nSPS) is 12.1. The molecule has 1 atom stereocenters. The van der Waals surface area contributed by atoms with Gasteiger partial charge in [0, 0.05) is 5.56 Å². The summed E-state index contributed by atoms with van der Waals surface area (Å²) in [5, 5.41) is 9.54. The van der Waals surface area contributed by atoms with Gasteiger partial charge >= 0.3 is 5.97 Å². The Morgan fingerprint density at radius 3 is 2.17 bits per heavy atom. The van der Waals surface area contributed by atoms with E-state index in [4.69, 9.17) is 0 Å². The highest BCUT2D eigenvalue weighted by Gasteiger charge is 2.24. The van der Waals surface area contributed by atoms with Crippen LogP contribution in [0.2, 0.25) is 0 Å². The standard InChI is InChI=1S/C19H18N2O2/c1-13(15-9-5-3-6-10-15)21-14(2)20-17(19(22)23)18(21)16-11-7-4-8-12-16/h3-13H,1-2H3,(H,22,23)/t13-/m1/s1. The molecule has 2 aromatic carbocycles. The molecule has 0 aliphatic rings. The molecule has 0 radical (unpaired) electrons. The van der Waals surface area contributed by atoms with Gasteiger partial charge in [-0.25, -0.2) is 9.78 Å². The van der Waals surface area contributed by atoms with E-state index in [-0.39, 0.29) is 11.7 Å². The monoisotopic (exact) mass is 306 g/mol. The first-order chi connectivity index (χ1) is 11.1. The van der Waals surface area contributed by atoms with E-state index in [9.17, 15) is 9.90 Å². The second-order valence-electron chi connectivity index (χ2n) is 5.48. The van der Waals surface area contributed by atoms with E-state index in [0.29, 0.717) is 11.5 Å². The van der Waals surface area contributed by atoms with E-state index in [1.807, 2.05) is 72.2 Å². The van der Waals surface area contributed by atoms with Gasteiger partial charge in [-0.3, -0.25) is 0 Å². The van der Waals surface area contributed by atoms with Crippen LogP contribution in [0.1, 0.15) is 34.8 Å². The van der Waals surface area contributed by atoms with Crippen molar-refractivity contribution in [1.29, 1.82) is 0 Å². The van der Waals surface area contributed by atoms with Gasteiger partial charge in [0.2, 0.25) is 0 Å². The predicted octanol–water partition coefficient (Wildman–Crippen LogP) is 4.17. The fourth-order valence-electron chi connectivity index (χ4n) is 2.92. The quantitative estimate of drug-likeness (QED) is 0.787. The molecule has 4 nitrogen and oxygen atoms in total. The van der Waals surface area contributed by atoms with Crippen molar-refractivity contribution >= 4 is 5.97 Å². The Bertz CT molecular complexity index is 823. The average molecular weight is 306 g/mol. The van der Waals surface area contributed by atoms with Crippen molar-refractivity contribution in [2.24, 2.45) is 0 Å². The summed E-state index contributed by atoms with van der Waals surface area (Å²) in [5.74, 6) is -0.316. The number of nitrogens with zero attached hydrogens (tertiary/aromatic N) is 2. The summed E-state index contributed by atoms with van der Waals surface area (Å²) in [6, 6.07) is 19.6. The van der Waals surface area contributed by atoms with E-state index in [1.165, 1.54) is 0 Å². The van der Waals surface area contributed by atoms with Crippen molar-refractivity contribution in [3.05, 3.63) is 77.7 Å². The molecular weight excluding hydrogens is 288 g/mol. The molecule has 0 amide bonds. The molecule has 0 aliphatic carbocycles. The lowest BCUT2D eigenvalue weighted by atomic mass is 10.1. The van der Waals surface area contributed by atoms with E-state index in [1.54, 1.807) is 0 Å². The summed E-state index contributed by atoms with van der Waals surface area (Å²) in [7, 11) is 0. The first kappa shape index (κ1) is 15.0. The molecule has 1 heterocycles. The molecule has 0 aliphatic heterocycles. The second-order valence-corrected chi connectivity index (χ2v) is 5.48. The molecule has 23 heavy (non-hydrogen) atoms. The van der Waals surface area contributed by atoms with Crippen molar-refractivity contribution in [2.75, 3.05) is 0 Å². The maximum atomic E-state index is 11.6. The Morgan fingerprint density at radius 1 is 1.04 bits per heavy atom. The van der Waals surface area contributed by atoms with E-state index in [2.05, 4.69) is 11.9 Å². The number of imidazole rings is 1. The zero-order valence-electron chi connectivity index (χ0n) is 13.1. The molecule has 1 N–H and O–H groups in total. The minimum Gasteiger partial charge on any atom is -0.476 e. The van der Waals surface area contributed by atoms with Gasteiger partial charge in [-0.1, -0.05) is 60.7 Å². The van der Waals surface area contributed by atoms with Gasteiger partial charge in [0.25, 0.3) is 0 Å². The first-order valence-corrected chi connectivity index (χ1v) is 7.52. The largest absolute Gasteiger partial charge is 0.476 e. The van der Waals surface area contributed by atoms with Crippen LogP contribution in [-0.4, -0.2) is 20.6 Å². The second kappa shape index (κ2) is 6.08. The third kappa shape index (κ3) is 2.75. The van der Waals surface area contributed by atoms with Gasteiger partial charge < -0.3 is 9.67 Å². The number of aromatic carboxylic acids is 1. The molecule has 4 heteroatoms. The first-order valence-electron chi connectivity index (χ1n) is 7.52. The zero-order chi connectivity index (χ0) is 16.4. The molecule has 3 aromatic rings. The topological polar surface area (TPSA) is 55.1 Å². The molecular formula is C19H18N2O2. The number of hydrogen-bond acceptors (Lipinski definition) is 2. The van der Waals surface area contributed by atoms with Crippen LogP contribution in [0.4, 0.5) is 0 Å². The van der Waals surface area contributed by atoms with Gasteiger partial charge in [0.05, 0.1) is 11.7 Å². The predicted molar refractivity (Wildman–Crippen MR) is 89.6 cm³/mol. The number of carbonyl (C=O) groups is 1. The van der Waals surface area contributed by atoms with E-state index >= 15 is 0 Å². The lowest BCUT2D eigenvalue weighted by Crippen LogP contribution is -2.11. The van der Waals surface area contributed by atoms with Crippen molar-refractivity contribution in [3.8, 4) is 11.3 Å². The van der Waals surface area contributed by atoms with Crippen LogP contribution in [0.5, 0.6) is 0 Å². The molecule has 3 rings (SSSR count). The Balaban J connectivity index is 2.23. The highest BCUT2D eigenvalue weighted by molar-refractivity contribution is 5.93. The highest BCUT2D eigenvalue weighted by Crippen LogP contribution is 2.31. The molecule has 0 saturated heterocycles. The minimum absolute atomic E-state index is 0.00740. The average Bonchev–Trinajstić information content (AvgIpc) is 2.93. The lowest BCUT2D eigenvalue weighted by molar-refractivity contribution is 0.0691. The number of rotatable bonds is 4. The molecule has 0 unspecified atom stereocenters. The van der Waals surface area contributed by atoms with Gasteiger partial charge in [0.15, 0.2) is 5.69 Å². The van der Waals surface area contributed by atoms with Crippen LogP contribution in [0, 0.1) is 6.92 Å². The van der Waals surface area contributed by atoms with Crippen molar-refractivity contribution in [3.63, 3.8) is 0 Å². The smallest absolute Gasteiger partial charge is 0.356 e. The summed E-state index contributed by atoms with van der Waals surface area (Å²) in [6.07, 6.45) is 0. The third-order valence-electron chi connectivity index (χ3n) is 4.01. The highest BCUT2D eigenvalue weighted by atomic mass is 16.4. The van der Waals surface area contributed by atoms with Crippen molar-refractivity contribution < 1.29 is 9.90 Å². The van der Waals surface area contributed by atoms with E-state index < -0.39 is 5.97 Å². The fraction of sp³-hybridized carbons (Fsp3) is 0.158. The van der Waals surface area contributed by atoms with Gasteiger partial charge in [-0.15, -0.1) is 0 Å². The summed E-state index contributed by atoms with van der Waals surface area (Å²) in [4.78, 5) is 15.9. The van der Waals surface area contributed by atoms with Crippen molar-refractivity contribution in [2.45, 2.75) is 19.9 Å². The van der Waals surface area contributed by atoms with Crippen LogP contribution in [-0.2, 0) is 0 Å². The minimum atomic E-state index is -1.01. The number of aryl methyl sites for hydroxylation is 1. The maximum Gasteiger partial charge on any atom is 0.356 e. The Hall–Kier alpha value is -2.88. The molecule has 0 fully saturated rings. The van der Waals surface area contributed by atoms with Crippen molar-refractivity contribution in [1.82, 2.24) is 9.55 Å².